The van der Waals surface area contributed by atoms with Gasteiger partial charge in [0.15, 0.2) is 5.78 Å². The molecule has 4 aliphatic rings. The minimum absolute atomic E-state index is 0.361. The van der Waals surface area contributed by atoms with Crippen LogP contribution in [0.2, 0.25) is 0 Å². The molecule has 0 aromatic rings. The zero-order valence-corrected chi connectivity index (χ0v) is 16.5. The zero-order valence-electron chi connectivity index (χ0n) is 10.0. The molecule has 0 N–H and O–H groups in total. The molecule has 0 bridgehead atoms. The van der Waals surface area contributed by atoms with Gasteiger partial charge in [-0.2, -0.15) is 0 Å². The molecule has 4 aliphatic heterocycles. The summed E-state index contributed by atoms with van der Waals surface area (Å²) in [6.45, 7) is 0. The summed E-state index contributed by atoms with van der Waals surface area (Å²) >= 11 is 15.1. The summed E-state index contributed by atoms with van der Waals surface area (Å²) in [4.78, 5) is 11.5. The second-order valence-electron chi connectivity index (χ2n) is 3.95. The third-order valence-corrected chi connectivity index (χ3v) is 14.5. The lowest BCUT2D eigenvalue weighted by atomic mass is 10.5. The Kier molecular flexibility index (Phi) is 5.08. The van der Waals surface area contributed by atoms with Crippen LogP contribution in [0, 0.1) is 0 Å². The van der Waals surface area contributed by atoms with E-state index in [-0.39, 0.29) is 0 Å². The predicted molar refractivity (Wildman–Crippen MR) is 106 cm³/mol. The fraction of sp³-hybridized carbons (Fsp3) is 0.364. The zero-order chi connectivity index (χ0) is 13.5. The van der Waals surface area contributed by atoms with E-state index in [1.54, 1.807) is 23.5 Å². The molecule has 20 heavy (non-hydrogen) atoms. The van der Waals surface area contributed by atoms with Gasteiger partial charge in [0, 0.05) is 11.5 Å². The highest BCUT2D eigenvalue weighted by molar-refractivity contribution is 8.45. The average molecular weight is 413 g/mol. The molecule has 0 aromatic heterocycles. The smallest absolute Gasteiger partial charge is 0.153 e. The summed E-state index contributed by atoms with van der Waals surface area (Å²) in [7, 11) is 0. The second kappa shape index (κ2) is 6.67. The number of hydrogen-bond acceptors (Lipinski definition) is 9. The number of hydrogen-bond donors (Lipinski definition) is 0. The van der Waals surface area contributed by atoms with Crippen molar-refractivity contribution >= 4 is 99.9 Å². The summed E-state index contributed by atoms with van der Waals surface area (Å²) in [5.41, 5.74) is 0. The lowest BCUT2D eigenvalue weighted by molar-refractivity contribution is -0.114. The van der Waals surface area contributed by atoms with E-state index in [0.717, 1.165) is 0 Å². The van der Waals surface area contributed by atoms with E-state index in [1.165, 1.54) is 36.9 Å². The van der Waals surface area contributed by atoms with Crippen molar-refractivity contribution in [1.29, 1.82) is 0 Å². The van der Waals surface area contributed by atoms with Crippen molar-refractivity contribution in [2.24, 2.45) is 0 Å². The molecule has 0 saturated heterocycles. The van der Waals surface area contributed by atoms with Gasteiger partial charge in [-0.1, -0.05) is 47.0 Å². The van der Waals surface area contributed by atoms with E-state index in [1.807, 2.05) is 70.6 Å². The van der Waals surface area contributed by atoms with E-state index in [4.69, 9.17) is 0 Å². The average Bonchev–Trinajstić information content (AvgIpc) is 3.02. The molecule has 0 saturated carbocycles. The summed E-state index contributed by atoms with van der Waals surface area (Å²) in [5, 5.41) is 0. The predicted octanol–water partition coefficient (Wildman–Crippen LogP) is 5.86. The van der Waals surface area contributed by atoms with E-state index >= 15 is 0 Å². The van der Waals surface area contributed by atoms with Crippen LogP contribution >= 0.6 is 94.1 Å². The summed E-state index contributed by atoms with van der Waals surface area (Å²) < 4.78 is 8.59. The molecule has 0 aromatic carbocycles. The van der Waals surface area contributed by atoms with Crippen LogP contribution in [0.1, 0.15) is 0 Å². The number of carbonyl (C=O) groups is 1. The first-order chi connectivity index (χ1) is 9.79. The second-order valence-corrected chi connectivity index (χ2v) is 13.8. The number of rotatable bonds is 0. The molecule has 9 heteroatoms. The first kappa shape index (κ1) is 15.2. The molecular weight excluding hydrogens is 405 g/mol. The van der Waals surface area contributed by atoms with Gasteiger partial charge < -0.3 is 0 Å². The van der Waals surface area contributed by atoms with Gasteiger partial charge in [-0.3, -0.25) is 4.79 Å². The quantitative estimate of drug-likeness (QED) is 0.482. The van der Waals surface area contributed by atoms with Crippen molar-refractivity contribution in [3.05, 3.63) is 25.4 Å². The van der Waals surface area contributed by atoms with E-state index in [9.17, 15) is 4.79 Å². The van der Waals surface area contributed by atoms with Crippen LogP contribution in [0.5, 0.6) is 0 Å². The molecule has 0 radical (unpaired) electrons. The maximum atomic E-state index is 11.5. The molecule has 106 valence electrons. The number of thioether (sulfide) groups is 8. The molecule has 0 amide bonds. The van der Waals surface area contributed by atoms with Crippen molar-refractivity contribution in [2.45, 2.75) is 0 Å². The highest BCUT2D eigenvalue weighted by atomic mass is 32.3. The van der Waals surface area contributed by atoms with Crippen LogP contribution in [0.25, 0.3) is 0 Å². The molecule has 1 nitrogen and oxygen atoms in total. The lowest BCUT2D eigenvalue weighted by Gasteiger charge is -2.08. The minimum Gasteiger partial charge on any atom is -0.298 e. The van der Waals surface area contributed by atoms with Crippen molar-refractivity contribution in [3.63, 3.8) is 0 Å². The molecule has 4 heterocycles. The van der Waals surface area contributed by atoms with Crippen LogP contribution in [0.15, 0.2) is 25.4 Å². The Labute approximate surface area is 151 Å². The molecular formula is C11H8OS8. The normalized spacial score (nSPS) is 27.1. The maximum Gasteiger partial charge on any atom is 0.153 e. The van der Waals surface area contributed by atoms with Crippen LogP contribution in [0.4, 0.5) is 0 Å². The maximum absolute atomic E-state index is 11.5. The van der Waals surface area contributed by atoms with Gasteiger partial charge in [0.05, 0.1) is 36.9 Å². The Hall–Kier alpha value is 1.69. The fourth-order valence-corrected chi connectivity index (χ4v) is 13.6. The summed E-state index contributed by atoms with van der Waals surface area (Å²) in [6.07, 6.45) is 0. The number of carbonyl (C=O) groups excluding carboxylic acids is 1. The summed E-state index contributed by atoms with van der Waals surface area (Å²) in [6, 6.07) is 0. The lowest BCUT2D eigenvalue weighted by Crippen LogP contribution is -2.01. The van der Waals surface area contributed by atoms with Gasteiger partial charge in [0.2, 0.25) is 0 Å². The van der Waals surface area contributed by atoms with Gasteiger partial charge in [-0.15, -0.1) is 47.0 Å². The SMILES string of the molecule is O=C1CSC2=C(SC1)SC(=C1SC3=C(SCCS3)S1)S2. The first-order valence-electron chi connectivity index (χ1n) is 5.77. The Morgan fingerprint density at radius 1 is 0.550 bits per heavy atom. The molecule has 0 spiro atoms. The van der Waals surface area contributed by atoms with Crippen LogP contribution < -0.4 is 0 Å². The third kappa shape index (κ3) is 3.16. The van der Waals surface area contributed by atoms with Gasteiger partial charge in [-0.05, 0) is 0 Å². The van der Waals surface area contributed by atoms with Crippen molar-refractivity contribution in [3.8, 4) is 0 Å². The molecule has 0 unspecified atom stereocenters. The number of Topliss-reactive ketones (excluding diaryl/α,β-unsaturated/α-hetero) is 1. The van der Waals surface area contributed by atoms with E-state index < -0.39 is 0 Å². The third-order valence-electron chi connectivity index (χ3n) is 2.52. The van der Waals surface area contributed by atoms with Crippen molar-refractivity contribution in [1.82, 2.24) is 0 Å². The van der Waals surface area contributed by atoms with Gasteiger partial charge >= 0.3 is 0 Å². The molecule has 0 atom stereocenters. The minimum atomic E-state index is 0.361. The molecule has 0 fully saturated rings. The Balaban J connectivity index is 1.50. The molecule has 0 aliphatic carbocycles. The Morgan fingerprint density at radius 2 is 0.950 bits per heavy atom. The Bertz CT molecular complexity index is 531. The van der Waals surface area contributed by atoms with E-state index in [0.29, 0.717) is 17.3 Å². The molecule has 4 rings (SSSR count). The van der Waals surface area contributed by atoms with Crippen LogP contribution in [-0.2, 0) is 4.79 Å². The fourth-order valence-electron chi connectivity index (χ4n) is 1.67. The standard InChI is InChI=1S/C11H8OS8/c12-5-3-15-8-9(16-4-5)20-11(19-8)10-17-6-7(18-10)14-2-1-13-6/h1-4H2. The van der Waals surface area contributed by atoms with Gasteiger partial charge in [-0.25, -0.2) is 0 Å². The number of ketones is 1. The van der Waals surface area contributed by atoms with Gasteiger partial charge in [0.25, 0.3) is 0 Å². The summed E-state index contributed by atoms with van der Waals surface area (Å²) in [5.74, 6) is 4.12. The van der Waals surface area contributed by atoms with Crippen molar-refractivity contribution < 1.29 is 4.79 Å². The first-order valence-corrected chi connectivity index (χ1v) is 13.0. The monoisotopic (exact) mass is 412 g/mol. The highest BCUT2D eigenvalue weighted by Crippen LogP contribution is 2.67. The Morgan fingerprint density at radius 3 is 1.40 bits per heavy atom. The van der Waals surface area contributed by atoms with E-state index in [2.05, 4.69) is 0 Å². The van der Waals surface area contributed by atoms with Gasteiger partial charge in [0.1, 0.15) is 0 Å². The largest absolute Gasteiger partial charge is 0.298 e. The van der Waals surface area contributed by atoms with Crippen molar-refractivity contribution in [2.75, 3.05) is 23.0 Å². The van der Waals surface area contributed by atoms with Crippen LogP contribution in [-0.4, -0.2) is 28.8 Å². The topological polar surface area (TPSA) is 17.1 Å². The highest BCUT2D eigenvalue weighted by Gasteiger charge is 2.33. The van der Waals surface area contributed by atoms with Crippen LogP contribution in [0.3, 0.4) is 0 Å².